The zero-order chi connectivity index (χ0) is 15.9. The minimum atomic E-state index is -0.646. The van der Waals surface area contributed by atoms with E-state index in [9.17, 15) is 4.79 Å². The van der Waals surface area contributed by atoms with Crippen LogP contribution >= 0.6 is 0 Å². The number of amides is 1. The van der Waals surface area contributed by atoms with Gasteiger partial charge in [-0.05, 0) is 5.56 Å². The predicted octanol–water partition coefficient (Wildman–Crippen LogP) is 0.864. The smallest absolute Gasteiger partial charge is 0.242 e. The summed E-state index contributed by atoms with van der Waals surface area (Å²) in [7, 11) is 3.25. The van der Waals surface area contributed by atoms with E-state index in [1.807, 2.05) is 29.0 Å². The summed E-state index contributed by atoms with van der Waals surface area (Å²) < 4.78 is 6.95. The molecule has 1 amide bonds. The first-order valence-corrected chi connectivity index (χ1v) is 7.15. The van der Waals surface area contributed by atoms with Crippen LogP contribution in [0.15, 0.2) is 42.7 Å². The van der Waals surface area contributed by atoms with Crippen molar-refractivity contribution < 1.29 is 9.53 Å². The zero-order valence-electron chi connectivity index (χ0n) is 13.0. The van der Waals surface area contributed by atoms with Crippen molar-refractivity contribution in [2.24, 2.45) is 5.73 Å². The van der Waals surface area contributed by atoms with Crippen LogP contribution in [0.4, 0.5) is 0 Å². The molecule has 0 spiro atoms. The van der Waals surface area contributed by atoms with Gasteiger partial charge in [0.2, 0.25) is 5.91 Å². The Morgan fingerprint density at radius 2 is 2.14 bits per heavy atom. The summed E-state index contributed by atoms with van der Waals surface area (Å²) in [6.07, 6.45) is 3.65. The lowest BCUT2D eigenvalue weighted by atomic mass is 10.2. The SMILES string of the molecule is COCC(N)C(=O)N(C)Cc1nccn1Cc1ccccc1. The molecule has 22 heavy (non-hydrogen) atoms. The fraction of sp³-hybridized carbons (Fsp3) is 0.375. The molecule has 6 nitrogen and oxygen atoms in total. The molecule has 118 valence electrons. The lowest BCUT2D eigenvalue weighted by molar-refractivity contribution is -0.133. The van der Waals surface area contributed by atoms with Crippen molar-refractivity contribution in [1.29, 1.82) is 0 Å². The van der Waals surface area contributed by atoms with Crippen molar-refractivity contribution in [3.05, 3.63) is 54.1 Å². The number of hydrogen-bond acceptors (Lipinski definition) is 4. The Labute approximate surface area is 130 Å². The van der Waals surface area contributed by atoms with E-state index in [0.29, 0.717) is 6.54 Å². The van der Waals surface area contributed by atoms with E-state index in [0.717, 1.165) is 12.4 Å². The zero-order valence-corrected chi connectivity index (χ0v) is 13.0. The Kier molecular flexibility index (Phi) is 5.68. The molecule has 0 saturated carbocycles. The lowest BCUT2D eigenvalue weighted by Gasteiger charge is -2.21. The van der Waals surface area contributed by atoms with Crippen LogP contribution < -0.4 is 5.73 Å². The van der Waals surface area contributed by atoms with Gasteiger partial charge in [-0.15, -0.1) is 0 Å². The number of ether oxygens (including phenoxy) is 1. The van der Waals surface area contributed by atoms with E-state index >= 15 is 0 Å². The third-order valence-corrected chi connectivity index (χ3v) is 3.42. The number of nitrogens with two attached hydrogens (primary N) is 1. The molecule has 2 aromatic rings. The molecule has 1 heterocycles. The normalized spacial score (nSPS) is 12.1. The molecule has 0 saturated heterocycles. The average molecular weight is 302 g/mol. The van der Waals surface area contributed by atoms with E-state index in [4.69, 9.17) is 10.5 Å². The van der Waals surface area contributed by atoms with E-state index < -0.39 is 6.04 Å². The first kappa shape index (κ1) is 16.2. The van der Waals surface area contributed by atoms with Crippen LogP contribution in [-0.4, -0.2) is 47.2 Å². The van der Waals surface area contributed by atoms with Crippen molar-refractivity contribution >= 4 is 5.91 Å². The van der Waals surface area contributed by atoms with Crippen molar-refractivity contribution in [2.75, 3.05) is 20.8 Å². The molecule has 0 bridgehead atoms. The minimum Gasteiger partial charge on any atom is -0.383 e. The summed E-state index contributed by atoms with van der Waals surface area (Å²) in [6.45, 7) is 1.35. The monoisotopic (exact) mass is 302 g/mol. The van der Waals surface area contributed by atoms with Gasteiger partial charge in [0.15, 0.2) is 0 Å². The molecule has 1 unspecified atom stereocenters. The number of benzene rings is 1. The van der Waals surface area contributed by atoms with Crippen LogP contribution in [0.2, 0.25) is 0 Å². The van der Waals surface area contributed by atoms with Crippen LogP contribution in [0.5, 0.6) is 0 Å². The third kappa shape index (κ3) is 4.16. The van der Waals surface area contributed by atoms with Gasteiger partial charge in [0.25, 0.3) is 0 Å². The highest BCUT2D eigenvalue weighted by molar-refractivity contribution is 5.81. The number of methoxy groups -OCH3 is 1. The summed E-state index contributed by atoms with van der Waals surface area (Å²) in [6, 6.07) is 9.48. The second-order valence-electron chi connectivity index (χ2n) is 5.21. The van der Waals surface area contributed by atoms with Crippen LogP contribution in [0.1, 0.15) is 11.4 Å². The number of rotatable bonds is 7. The predicted molar refractivity (Wildman–Crippen MR) is 84.1 cm³/mol. The highest BCUT2D eigenvalue weighted by atomic mass is 16.5. The molecule has 1 aromatic heterocycles. The lowest BCUT2D eigenvalue weighted by Crippen LogP contribution is -2.44. The number of aromatic nitrogens is 2. The number of imidazole rings is 1. The topological polar surface area (TPSA) is 73.4 Å². The summed E-state index contributed by atoms with van der Waals surface area (Å²) in [4.78, 5) is 18.0. The van der Waals surface area contributed by atoms with E-state index in [2.05, 4.69) is 17.1 Å². The largest absolute Gasteiger partial charge is 0.383 e. The van der Waals surface area contributed by atoms with E-state index in [1.165, 1.54) is 12.7 Å². The van der Waals surface area contributed by atoms with Gasteiger partial charge in [0.1, 0.15) is 11.9 Å². The van der Waals surface area contributed by atoms with E-state index in [-0.39, 0.29) is 12.5 Å². The van der Waals surface area contributed by atoms with E-state index in [1.54, 1.807) is 18.1 Å². The Morgan fingerprint density at radius 3 is 2.82 bits per heavy atom. The fourth-order valence-corrected chi connectivity index (χ4v) is 2.24. The summed E-state index contributed by atoms with van der Waals surface area (Å²) in [5.41, 5.74) is 6.96. The summed E-state index contributed by atoms with van der Waals surface area (Å²) in [5, 5.41) is 0. The van der Waals surface area contributed by atoms with Crippen LogP contribution in [0.25, 0.3) is 0 Å². The number of likely N-dealkylation sites (N-methyl/N-ethyl adjacent to an activating group) is 1. The van der Waals surface area contributed by atoms with Gasteiger partial charge in [0.05, 0.1) is 13.2 Å². The first-order valence-electron chi connectivity index (χ1n) is 7.15. The van der Waals surface area contributed by atoms with Gasteiger partial charge in [-0.25, -0.2) is 4.98 Å². The molecule has 2 rings (SSSR count). The molecule has 0 aliphatic heterocycles. The maximum Gasteiger partial charge on any atom is 0.242 e. The van der Waals surface area contributed by atoms with Gasteiger partial charge in [-0.1, -0.05) is 30.3 Å². The number of carbonyl (C=O) groups excluding carboxylic acids is 1. The Balaban J connectivity index is 2.02. The van der Waals surface area contributed by atoms with Crippen molar-refractivity contribution in [1.82, 2.24) is 14.5 Å². The molecule has 0 aliphatic carbocycles. The molecular weight excluding hydrogens is 280 g/mol. The molecule has 2 N–H and O–H groups in total. The van der Waals surface area contributed by atoms with Crippen LogP contribution in [-0.2, 0) is 22.6 Å². The van der Waals surface area contributed by atoms with Crippen molar-refractivity contribution in [3.63, 3.8) is 0 Å². The number of nitrogens with zero attached hydrogens (tertiary/aromatic N) is 3. The van der Waals surface area contributed by atoms with Crippen LogP contribution in [0, 0.1) is 0 Å². The van der Waals surface area contributed by atoms with Gasteiger partial charge >= 0.3 is 0 Å². The third-order valence-electron chi connectivity index (χ3n) is 3.42. The first-order chi connectivity index (χ1) is 10.6. The standard InChI is InChI=1S/C16H22N4O2/c1-19(16(21)14(17)12-22-2)11-15-18-8-9-20(15)10-13-6-4-3-5-7-13/h3-9,14H,10-12,17H2,1-2H3. The van der Waals surface area contributed by atoms with Crippen molar-refractivity contribution in [3.8, 4) is 0 Å². The van der Waals surface area contributed by atoms with Crippen LogP contribution in [0.3, 0.4) is 0 Å². The highest BCUT2D eigenvalue weighted by Crippen LogP contribution is 2.08. The Bertz CT molecular complexity index is 597. The Morgan fingerprint density at radius 1 is 1.41 bits per heavy atom. The maximum atomic E-state index is 12.1. The second-order valence-corrected chi connectivity index (χ2v) is 5.21. The molecule has 0 radical (unpaired) electrons. The summed E-state index contributed by atoms with van der Waals surface area (Å²) >= 11 is 0. The maximum absolute atomic E-state index is 12.1. The summed E-state index contributed by atoms with van der Waals surface area (Å²) in [5.74, 6) is 0.667. The number of carbonyl (C=O) groups is 1. The van der Waals surface area contributed by atoms with Gasteiger partial charge < -0.3 is 19.9 Å². The molecule has 6 heteroatoms. The average Bonchev–Trinajstić information content (AvgIpc) is 2.94. The Hall–Kier alpha value is -2.18. The fourth-order valence-electron chi connectivity index (χ4n) is 2.24. The highest BCUT2D eigenvalue weighted by Gasteiger charge is 2.19. The molecule has 1 aromatic carbocycles. The quantitative estimate of drug-likeness (QED) is 0.823. The molecule has 1 atom stereocenters. The second kappa shape index (κ2) is 7.72. The molecule has 0 aliphatic rings. The molecular formula is C16H22N4O2. The van der Waals surface area contributed by atoms with Crippen molar-refractivity contribution in [2.45, 2.75) is 19.1 Å². The van der Waals surface area contributed by atoms with Gasteiger partial charge in [-0.3, -0.25) is 4.79 Å². The van der Waals surface area contributed by atoms with Gasteiger partial charge in [-0.2, -0.15) is 0 Å². The van der Waals surface area contributed by atoms with Gasteiger partial charge in [0, 0.05) is 33.1 Å². The molecule has 0 fully saturated rings. The number of hydrogen-bond donors (Lipinski definition) is 1. The minimum absolute atomic E-state index is 0.156.